The molecular formula is C12H24N2O. The summed E-state index contributed by atoms with van der Waals surface area (Å²) in [5, 5.41) is 16.0. The minimum Gasteiger partial charge on any atom is -0.395 e. The van der Waals surface area contributed by atoms with Crippen LogP contribution in [0.3, 0.4) is 0 Å². The molecule has 1 saturated carbocycles. The van der Waals surface area contributed by atoms with E-state index in [4.69, 9.17) is 5.11 Å². The van der Waals surface area contributed by atoms with Crippen LogP contribution in [0.5, 0.6) is 0 Å². The molecule has 0 radical (unpaired) electrons. The monoisotopic (exact) mass is 212 g/mol. The molecular weight excluding hydrogens is 188 g/mol. The van der Waals surface area contributed by atoms with Crippen molar-refractivity contribution >= 4 is 0 Å². The van der Waals surface area contributed by atoms with Crippen LogP contribution in [0.15, 0.2) is 0 Å². The first-order valence-corrected chi connectivity index (χ1v) is 6.49. The van der Waals surface area contributed by atoms with Gasteiger partial charge < -0.3 is 15.7 Å². The predicted molar refractivity (Wildman–Crippen MR) is 61.9 cm³/mol. The molecule has 88 valence electrons. The topological polar surface area (TPSA) is 44.3 Å². The van der Waals surface area contributed by atoms with E-state index < -0.39 is 0 Å². The first-order valence-electron chi connectivity index (χ1n) is 6.49. The molecule has 2 fully saturated rings. The van der Waals surface area contributed by atoms with Gasteiger partial charge in [-0.3, -0.25) is 0 Å². The second-order valence-corrected chi connectivity index (χ2v) is 4.94. The number of aliphatic hydroxyl groups excluding tert-OH is 1. The first kappa shape index (κ1) is 11.4. The summed E-state index contributed by atoms with van der Waals surface area (Å²) in [5.41, 5.74) is 0. The van der Waals surface area contributed by atoms with Crippen molar-refractivity contribution in [2.45, 2.75) is 50.6 Å². The molecule has 0 aromatic rings. The number of hydrogen-bond acceptors (Lipinski definition) is 3. The molecule has 1 aliphatic heterocycles. The summed E-state index contributed by atoms with van der Waals surface area (Å²) in [6.07, 6.45) is 8.09. The number of aliphatic hydroxyl groups is 1. The van der Waals surface area contributed by atoms with E-state index in [0.717, 1.165) is 18.5 Å². The summed E-state index contributed by atoms with van der Waals surface area (Å²) in [6, 6.07) is 1.38. The van der Waals surface area contributed by atoms with Crippen molar-refractivity contribution < 1.29 is 5.11 Å². The van der Waals surface area contributed by atoms with E-state index in [1.165, 1.54) is 45.1 Å². The van der Waals surface area contributed by atoms with E-state index >= 15 is 0 Å². The Morgan fingerprint density at radius 3 is 2.73 bits per heavy atom. The molecule has 3 N–H and O–H groups in total. The fourth-order valence-electron chi connectivity index (χ4n) is 3.22. The quantitative estimate of drug-likeness (QED) is 0.648. The summed E-state index contributed by atoms with van der Waals surface area (Å²) >= 11 is 0. The summed E-state index contributed by atoms with van der Waals surface area (Å²) < 4.78 is 0. The van der Waals surface area contributed by atoms with Crippen LogP contribution < -0.4 is 10.6 Å². The maximum absolute atomic E-state index is 8.87. The minimum absolute atomic E-state index is 0.265. The second kappa shape index (κ2) is 5.83. The van der Waals surface area contributed by atoms with Crippen LogP contribution >= 0.6 is 0 Å². The van der Waals surface area contributed by atoms with Gasteiger partial charge in [0, 0.05) is 18.6 Å². The van der Waals surface area contributed by atoms with Crippen molar-refractivity contribution in [3.63, 3.8) is 0 Å². The van der Waals surface area contributed by atoms with Crippen LogP contribution in [0, 0.1) is 5.92 Å². The van der Waals surface area contributed by atoms with Crippen molar-refractivity contribution in [1.29, 1.82) is 0 Å². The van der Waals surface area contributed by atoms with E-state index in [0.29, 0.717) is 6.04 Å². The van der Waals surface area contributed by atoms with Gasteiger partial charge in [-0.05, 0) is 38.1 Å². The van der Waals surface area contributed by atoms with Gasteiger partial charge >= 0.3 is 0 Å². The summed E-state index contributed by atoms with van der Waals surface area (Å²) in [4.78, 5) is 0. The van der Waals surface area contributed by atoms with Crippen LogP contribution in [-0.2, 0) is 0 Å². The summed E-state index contributed by atoms with van der Waals surface area (Å²) in [5.74, 6) is 0.799. The van der Waals surface area contributed by atoms with E-state index in [9.17, 15) is 0 Å². The lowest BCUT2D eigenvalue weighted by molar-refractivity contribution is 0.199. The average molecular weight is 212 g/mol. The molecule has 0 spiro atoms. The van der Waals surface area contributed by atoms with Gasteiger partial charge in [-0.15, -0.1) is 0 Å². The molecule has 1 saturated heterocycles. The van der Waals surface area contributed by atoms with Crippen LogP contribution in [-0.4, -0.2) is 36.9 Å². The summed E-state index contributed by atoms with van der Waals surface area (Å²) in [6.45, 7) is 2.23. The fraction of sp³-hybridized carbons (Fsp3) is 1.00. The standard InChI is InChI=1S/C12H24N2O/c15-9-8-14-11-5-2-1-4-10(11)12-6-3-7-13-12/h10-15H,1-9H2. The van der Waals surface area contributed by atoms with Crippen molar-refractivity contribution in [1.82, 2.24) is 10.6 Å². The lowest BCUT2D eigenvalue weighted by Crippen LogP contribution is -2.47. The maximum Gasteiger partial charge on any atom is 0.0556 e. The molecule has 3 atom stereocenters. The minimum atomic E-state index is 0.265. The molecule has 0 bridgehead atoms. The largest absolute Gasteiger partial charge is 0.395 e. The lowest BCUT2D eigenvalue weighted by atomic mass is 9.79. The Morgan fingerprint density at radius 1 is 1.13 bits per heavy atom. The van der Waals surface area contributed by atoms with Crippen LogP contribution in [0.2, 0.25) is 0 Å². The molecule has 0 aromatic heterocycles. The van der Waals surface area contributed by atoms with E-state index in [1.54, 1.807) is 0 Å². The van der Waals surface area contributed by atoms with Gasteiger partial charge in [0.05, 0.1) is 6.61 Å². The molecule has 1 heterocycles. The van der Waals surface area contributed by atoms with Gasteiger partial charge in [0.15, 0.2) is 0 Å². The number of rotatable bonds is 4. The molecule has 0 amide bonds. The van der Waals surface area contributed by atoms with Crippen LogP contribution in [0.25, 0.3) is 0 Å². The second-order valence-electron chi connectivity index (χ2n) is 4.94. The highest BCUT2D eigenvalue weighted by Crippen LogP contribution is 2.30. The first-order chi connectivity index (χ1) is 7.42. The van der Waals surface area contributed by atoms with E-state index in [-0.39, 0.29) is 6.61 Å². The van der Waals surface area contributed by atoms with E-state index in [1.807, 2.05) is 0 Å². The normalized spacial score (nSPS) is 37.0. The fourth-order valence-corrected chi connectivity index (χ4v) is 3.22. The lowest BCUT2D eigenvalue weighted by Gasteiger charge is -2.36. The zero-order valence-corrected chi connectivity index (χ0v) is 9.54. The third-order valence-corrected chi connectivity index (χ3v) is 3.95. The van der Waals surface area contributed by atoms with Crippen LogP contribution in [0.1, 0.15) is 38.5 Å². The van der Waals surface area contributed by atoms with Crippen molar-refractivity contribution in [3.8, 4) is 0 Å². The molecule has 3 nitrogen and oxygen atoms in total. The highest BCUT2D eigenvalue weighted by Gasteiger charge is 2.32. The van der Waals surface area contributed by atoms with Gasteiger partial charge in [-0.25, -0.2) is 0 Å². The van der Waals surface area contributed by atoms with Crippen molar-refractivity contribution in [2.75, 3.05) is 19.7 Å². The molecule has 3 unspecified atom stereocenters. The van der Waals surface area contributed by atoms with E-state index in [2.05, 4.69) is 10.6 Å². The van der Waals surface area contributed by atoms with Crippen molar-refractivity contribution in [3.05, 3.63) is 0 Å². The Hall–Kier alpha value is -0.120. The van der Waals surface area contributed by atoms with Gasteiger partial charge in [0.25, 0.3) is 0 Å². The highest BCUT2D eigenvalue weighted by atomic mass is 16.3. The Balaban J connectivity index is 1.86. The molecule has 0 aromatic carbocycles. The number of hydrogen-bond donors (Lipinski definition) is 3. The zero-order valence-electron chi connectivity index (χ0n) is 9.54. The SMILES string of the molecule is OCCNC1CCCCC1C1CCCN1. The third kappa shape index (κ3) is 2.92. The Morgan fingerprint density at radius 2 is 2.00 bits per heavy atom. The predicted octanol–water partition coefficient (Wildman–Crippen LogP) is 0.879. The maximum atomic E-state index is 8.87. The molecule has 3 heteroatoms. The molecule has 2 aliphatic rings. The van der Waals surface area contributed by atoms with Crippen LogP contribution in [0.4, 0.5) is 0 Å². The smallest absolute Gasteiger partial charge is 0.0556 e. The molecule has 15 heavy (non-hydrogen) atoms. The number of nitrogens with one attached hydrogen (secondary N) is 2. The van der Waals surface area contributed by atoms with Gasteiger partial charge in [-0.2, -0.15) is 0 Å². The van der Waals surface area contributed by atoms with Gasteiger partial charge in [0.2, 0.25) is 0 Å². The van der Waals surface area contributed by atoms with Crippen molar-refractivity contribution in [2.24, 2.45) is 5.92 Å². The van der Waals surface area contributed by atoms with Gasteiger partial charge in [-0.1, -0.05) is 12.8 Å². The highest BCUT2D eigenvalue weighted by molar-refractivity contribution is 4.91. The summed E-state index contributed by atoms with van der Waals surface area (Å²) in [7, 11) is 0. The average Bonchev–Trinajstić information content (AvgIpc) is 2.80. The third-order valence-electron chi connectivity index (χ3n) is 3.95. The Bertz CT molecular complexity index is 180. The zero-order chi connectivity index (χ0) is 10.5. The molecule has 2 rings (SSSR count). The molecule has 1 aliphatic carbocycles. The van der Waals surface area contributed by atoms with Gasteiger partial charge in [0.1, 0.15) is 0 Å². The Labute approximate surface area is 92.6 Å². The Kier molecular flexibility index (Phi) is 4.42.